The Morgan fingerprint density at radius 3 is 2.30 bits per heavy atom. The molecule has 0 heterocycles. The van der Waals surface area contributed by atoms with Crippen LogP contribution in [0.25, 0.3) is 0 Å². The van der Waals surface area contributed by atoms with Gasteiger partial charge in [0, 0.05) is 17.7 Å². The summed E-state index contributed by atoms with van der Waals surface area (Å²) >= 11 is 6.05. The number of hydrogen-bond donors (Lipinski definition) is 1. The normalized spacial score (nSPS) is 11.2. The van der Waals surface area contributed by atoms with E-state index in [1.54, 1.807) is 26.4 Å². The van der Waals surface area contributed by atoms with Crippen LogP contribution in [0.3, 0.4) is 0 Å². The average Bonchev–Trinajstić information content (AvgIpc) is 2.49. The molecule has 0 saturated carbocycles. The summed E-state index contributed by atoms with van der Waals surface area (Å²) in [7, 11) is 3.09. The Hall–Kier alpha value is -2.20. The van der Waals surface area contributed by atoms with Crippen LogP contribution in [-0.2, 0) is 0 Å². The molecule has 0 radical (unpaired) electrons. The van der Waals surface area contributed by atoms with Crippen molar-refractivity contribution in [3.8, 4) is 11.5 Å². The average molecular weight is 291 g/mol. The van der Waals surface area contributed by atoms with E-state index >= 15 is 0 Å². The van der Waals surface area contributed by atoms with Crippen molar-refractivity contribution < 1.29 is 9.47 Å². The van der Waals surface area contributed by atoms with Crippen LogP contribution in [0, 0.1) is 0 Å². The maximum atomic E-state index is 6.05. The number of aliphatic imine (C=N–C) groups is 1. The summed E-state index contributed by atoms with van der Waals surface area (Å²) in [5.41, 5.74) is 7.40. The molecular formula is C15H15ClN2O2. The van der Waals surface area contributed by atoms with Crippen molar-refractivity contribution in [2.45, 2.75) is 0 Å². The summed E-state index contributed by atoms with van der Waals surface area (Å²) in [4.78, 5) is 4.38. The van der Waals surface area contributed by atoms with Crippen LogP contribution < -0.4 is 15.2 Å². The molecule has 0 aliphatic carbocycles. The van der Waals surface area contributed by atoms with Gasteiger partial charge in [-0.05, 0) is 0 Å². The molecule has 2 aromatic rings. The zero-order chi connectivity index (χ0) is 14.5. The second-order valence-electron chi connectivity index (χ2n) is 4.02. The molecule has 0 spiro atoms. The van der Waals surface area contributed by atoms with Crippen molar-refractivity contribution >= 4 is 23.1 Å². The quantitative estimate of drug-likeness (QED) is 0.693. The molecule has 0 aliphatic heterocycles. The molecule has 0 aromatic heterocycles. The predicted molar refractivity (Wildman–Crippen MR) is 81.4 cm³/mol. The largest absolute Gasteiger partial charge is 0.495 e. The van der Waals surface area contributed by atoms with E-state index in [4.69, 9.17) is 26.8 Å². The lowest BCUT2D eigenvalue weighted by Gasteiger charge is -2.10. The molecule has 0 saturated heterocycles. The van der Waals surface area contributed by atoms with E-state index in [1.807, 2.05) is 30.3 Å². The van der Waals surface area contributed by atoms with Crippen molar-refractivity contribution in [3.63, 3.8) is 0 Å². The first-order valence-corrected chi connectivity index (χ1v) is 6.34. The summed E-state index contributed by atoms with van der Waals surface area (Å²) in [6, 6.07) is 12.8. The highest BCUT2D eigenvalue weighted by molar-refractivity contribution is 6.32. The van der Waals surface area contributed by atoms with Gasteiger partial charge in [0.1, 0.15) is 23.0 Å². The number of rotatable bonds is 4. The molecular weight excluding hydrogens is 276 g/mol. The Balaban J connectivity index is 2.47. The van der Waals surface area contributed by atoms with E-state index in [9.17, 15) is 0 Å². The zero-order valence-electron chi connectivity index (χ0n) is 11.3. The zero-order valence-corrected chi connectivity index (χ0v) is 12.0. The first kappa shape index (κ1) is 14.2. The van der Waals surface area contributed by atoms with E-state index in [2.05, 4.69) is 4.99 Å². The van der Waals surface area contributed by atoms with Gasteiger partial charge in [0.25, 0.3) is 0 Å². The highest BCUT2D eigenvalue weighted by Gasteiger charge is 2.10. The maximum Gasteiger partial charge on any atom is 0.146 e. The van der Waals surface area contributed by atoms with Gasteiger partial charge in [-0.15, -0.1) is 0 Å². The number of nitrogens with two attached hydrogens (primary N) is 1. The summed E-state index contributed by atoms with van der Waals surface area (Å²) in [6.45, 7) is 0. The van der Waals surface area contributed by atoms with Gasteiger partial charge in [-0.3, -0.25) is 0 Å². The molecule has 20 heavy (non-hydrogen) atoms. The fourth-order valence-electron chi connectivity index (χ4n) is 1.73. The number of amidine groups is 1. The van der Waals surface area contributed by atoms with Crippen molar-refractivity contribution in [1.82, 2.24) is 0 Å². The van der Waals surface area contributed by atoms with Crippen molar-refractivity contribution in [2.24, 2.45) is 10.7 Å². The Morgan fingerprint density at radius 1 is 1.05 bits per heavy atom. The molecule has 0 aliphatic rings. The molecule has 2 aromatic carbocycles. The Labute approximate surface area is 122 Å². The van der Waals surface area contributed by atoms with Gasteiger partial charge in [0.05, 0.1) is 19.2 Å². The van der Waals surface area contributed by atoms with Gasteiger partial charge in [-0.1, -0.05) is 41.9 Å². The van der Waals surface area contributed by atoms with E-state index in [-0.39, 0.29) is 0 Å². The topological polar surface area (TPSA) is 56.8 Å². The third kappa shape index (κ3) is 3.03. The minimum absolute atomic E-state index is 0.397. The molecule has 0 amide bonds. The van der Waals surface area contributed by atoms with Crippen LogP contribution in [-0.4, -0.2) is 20.1 Å². The van der Waals surface area contributed by atoms with Crippen LogP contribution in [0.4, 0.5) is 5.69 Å². The van der Waals surface area contributed by atoms with Crippen LogP contribution in [0.2, 0.25) is 5.02 Å². The number of hydrogen-bond acceptors (Lipinski definition) is 3. The molecule has 0 atom stereocenters. The molecule has 0 fully saturated rings. The summed E-state index contributed by atoms with van der Waals surface area (Å²) in [5.74, 6) is 1.45. The van der Waals surface area contributed by atoms with Crippen LogP contribution in [0.15, 0.2) is 47.5 Å². The Bertz CT molecular complexity index is 627. The van der Waals surface area contributed by atoms with Gasteiger partial charge >= 0.3 is 0 Å². The van der Waals surface area contributed by atoms with Crippen molar-refractivity contribution in [1.29, 1.82) is 0 Å². The van der Waals surface area contributed by atoms with E-state index in [0.29, 0.717) is 28.0 Å². The highest BCUT2D eigenvalue weighted by Crippen LogP contribution is 2.37. The Morgan fingerprint density at radius 2 is 1.70 bits per heavy atom. The van der Waals surface area contributed by atoms with Crippen LogP contribution in [0.5, 0.6) is 11.5 Å². The monoisotopic (exact) mass is 290 g/mol. The second-order valence-corrected chi connectivity index (χ2v) is 4.43. The highest BCUT2D eigenvalue weighted by atomic mass is 35.5. The molecule has 0 unspecified atom stereocenters. The second kappa shape index (κ2) is 6.30. The number of halogens is 1. The number of methoxy groups -OCH3 is 2. The summed E-state index contributed by atoms with van der Waals surface area (Å²) in [6.07, 6.45) is 0. The molecule has 104 valence electrons. The first-order chi connectivity index (χ1) is 9.65. The fourth-order valence-corrected chi connectivity index (χ4v) is 1.97. The minimum Gasteiger partial charge on any atom is -0.495 e. The first-order valence-electron chi connectivity index (χ1n) is 5.96. The molecule has 5 heteroatoms. The molecule has 0 bridgehead atoms. The predicted octanol–water partition coefficient (Wildman–Crippen LogP) is 3.39. The molecule has 4 nitrogen and oxygen atoms in total. The van der Waals surface area contributed by atoms with Gasteiger partial charge < -0.3 is 15.2 Å². The smallest absolute Gasteiger partial charge is 0.146 e. The fraction of sp³-hybridized carbons (Fsp3) is 0.133. The lowest BCUT2D eigenvalue weighted by Crippen LogP contribution is -2.12. The molecule has 2 N–H and O–H groups in total. The summed E-state index contributed by atoms with van der Waals surface area (Å²) < 4.78 is 10.4. The number of nitrogens with zero attached hydrogens (tertiary/aromatic N) is 1. The van der Waals surface area contributed by atoms with Crippen molar-refractivity contribution in [3.05, 3.63) is 53.1 Å². The van der Waals surface area contributed by atoms with E-state index < -0.39 is 0 Å². The third-order valence-corrected chi connectivity index (χ3v) is 3.06. The minimum atomic E-state index is 0.397. The SMILES string of the molecule is COc1cc(N=C(N)c2ccccc2)c(OC)cc1Cl. The lowest BCUT2D eigenvalue weighted by atomic mass is 10.2. The van der Waals surface area contributed by atoms with Crippen molar-refractivity contribution in [2.75, 3.05) is 14.2 Å². The van der Waals surface area contributed by atoms with Gasteiger partial charge in [0.2, 0.25) is 0 Å². The van der Waals surface area contributed by atoms with Gasteiger partial charge in [-0.2, -0.15) is 0 Å². The Kier molecular flexibility index (Phi) is 4.48. The van der Waals surface area contributed by atoms with Crippen LogP contribution >= 0.6 is 11.6 Å². The number of benzene rings is 2. The van der Waals surface area contributed by atoms with E-state index in [0.717, 1.165) is 5.56 Å². The van der Waals surface area contributed by atoms with Crippen LogP contribution in [0.1, 0.15) is 5.56 Å². The number of ether oxygens (including phenoxy) is 2. The van der Waals surface area contributed by atoms with Gasteiger partial charge in [-0.25, -0.2) is 4.99 Å². The van der Waals surface area contributed by atoms with Gasteiger partial charge in [0.15, 0.2) is 0 Å². The lowest BCUT2D eigenvalue weighted by molar-refractivity contribution is 0.404. The van der Waals surface area contributed by atoms with E-state index in [1.165, 1.54) is 0 Å². The molecule has 2 rings (SSSR count). The third-order valence-electron chi connectivity index (χ3n) is 2.76. The maximum absolute atomic E-state index is 6.05. The summed E-state index contributed by atoms with van der Waals surface area (Å²) in [5, 5.41) is 0.460. The standard InChI is InChI=1S/C15H15ClN2O2/c1-19-13-9-12(14(20-2)8-11(13)16)18-15(17)10-6-4-3-5-7-10/h3-9H,1-2H3,(H2,17,18).